The van der Waals surface area contributed by atoms with Gasteiger partial charge in [-0.1, -0.05) is 48.5 Å². The molecule has 0 aliphatic carbocycles. The molecule has 0 bridgehead atoms. The molecule has 6 nitrogen and oxygen atoms in total. The van der Waals surface area contributed by atoms with Crippen LogP contribution in [-0.2, 0) is 25.7 Å². The second kappa shape index (κ2) is 8.40. The van der Waals surface area contributed by atoms with E-state index in [1.54, 1.807) is 31.2 Å². The molecular weight excluding hydrogens is 346 g/mol. The van der Waals surface area contributed by atoms with E-state index in [2.05, 4.69) is 5.32 Å². The summed E-state index contributed by atoms with van der Waals surface area (Å²) in [5.41, 5.74) is 1.95. The summed E-state index contributed by atoms with van der Waals surface area (Å²) in [7, 11) is 0. The van der Waals surface area contributed by atoms with Crippen LogP contribution in [0.1, 0.15) is 24.5 Å². The van der Waals surface area contributed by atoms with Crippen LogP contribution < -0.4 is 5.32 Å². The molecule has 2 aromatic carbocycles. The van der Waals surface area contributed by atoms with Crippen LogP contribution in [0.5, 0.6) is 0 Å². The second-order valence-corrected chi connectivity index (χ2v) is 6.08. The van der Waals surface area contributed by atoms with E-state index >= 15 is 0 Å². The molecular formula is C21H21NO5. The summed E-state index contributed by atoms with van der Waals surface area (Å²) in [5.74, 6) is -1.34. The van der Waals surface area contributed by atoms with Crippen LogP contribution >= 0.6 is 0 Å². The molecule has 6 heteroatoms. The van der Waals surface area contributed by atoms with E-state index < -0.39 is 18.0 Å². The molecule has 0 unspecified atom stereocenters. The molecule has 0 fully saturated rings. The average Bonchev–Trinajstić information content (AvgIpc) is 2.83. The summed E-state index contributed by atoms with van der Waals surface area (Å²) in [6, 6.07) is 15.5. The molecule has 1 heterocycles. The third-order valence-electron chi connectivity index (χ3n) is 4.20. The summed E-state index contributed by atoms with van der Waals surface area (Å²) in [4.78, 5) is 24.9. The van der Waals surface area contributed by atoms with Gasteiger partial charge in [-0.3, -0.25) is 0 Å². The number of hydrogen-bond acceptors (Lipinski definition) is 6. The molecule has 3 rings (SSSR count). The van der Waals surface area contributed by atoms with Crippen molar-refractivity contribution in [3.05, 3.63) is 71.5 Å². The topological polar surface area (TPSA) is 84.9 Å². The first-order valence-electron chi connectivity index (χ1n) is 8.76. The number of aliphatic hydroxyl groups excluding tert-OH is 1. The van der Waals surface area contributed by atoms with E-state index in [0.717, 1.165) is 5.56 Å². The van der Waals surface area contributed by atoms with Gasteiger partial charge in [-0.15, -0.1) is 0 Å². The first kappa shape index (κ1) is 18.5. The number of para-hydroxylation sites is 1. The van der Waals surface area contributed by atoms with Crippen molar-refractivity contribution in [3.8, 4) is 0 Å². The quantitative estimate of drug-likeness (QED) is 0.788. The van der Waals surface area contributed by atoms with Crippen molar-refractivity contribution in [3.63, 3.8) is 0 Å². The number of aliphatic hydroxyl groups is 1. The molecule has 0 saturated carbocycles. The average molecular weight is 367 g/mol. The van der Waals surface area contributed by atoms with Gasteiger partial charge in [-0.2, -0.15) is 0 Å². The Morgan fingerprint density at radius 1 is 1.07 bits per heavy atom. The molecule has 1 aliphatic heterocycles. The molecule has 2 N–H and O–H groups in total. The zero-order chi connectivity index (χ0) is 19.2. The third kappa shape index (κ3) is 4.28. The number of esters is 2. The van der Waals surface area contributed by atoms with Crippen LogP contribution in [0.25, 0.3) is 5.57 Å². The number of rotatable bonds is 5. The van der Waals surface area contributed by atoms with E-state index in [9.17, 15) is 14.7 Å². The summed E-state index contributed by atoms with van der Waals surface area (Å²) in [5, 5.41) is 13.6. The van der Waals surface area contributed by atoms with Crippen molar-refractivity contribution in [2.75, 3.05) is 11.9 Å². The number of carbonyl (C=O) groups is 2. The maximum absolute atomic E-state index is 12.7. The first-order chi connectivity index (χ1) is 13.1. The lowest BCUT2D eigenvalue weighted by molar-refractivity contribution is -0.144. The van der Waals surface area contributed by atoms with Crippen molar-refractivity contribution in [1.82, 2.24) is 0 Å². The van der Waals surface area contributed by atoms with Gasteiger partial charge >= 0.3 is 11.9 Å². The number of carbonyl (C=O) groups excluding carboxylic acids is 2. The Labute approximate surface area is 157 Å². The second-order valence-electron chi connectivity index (χ2n) is 6.08. The van der Waals surface area contributed by atoms with E-state index in [-0.39, 0.29) is 31.0 Å². The van der Waals surface area contributed by atoms with Gasteiger partial charge < -0.3 is 19.9 Å². The molecule has 2 aromatic rings. The van der Waals surface area contributed by atoms with Crippen LogP contribution in [0.3, 0.4) is 0 Å². The Morgan fingerprint density at radius 3 is 2.52 bits per heavy atom. The van der Waals surface area contributed by atoms with Gasteiger partial charge in [-0.05, 0) is 18.6 Å². The Morgan fingerprint density at radius 2 is 1.78 bits per heavy atom. The summed E-state index contributed by atoms with van der Waals surface area (Å²) < 4.78 is 10.4. The highest BCUT2D eigenvalue weighted by atomic mass is 16.5. The Kier molecular flexibility index (Phi) is 5.76. The van der Waals surface area contributed by atoms with Crippen molar-refractivity contribution in [2.24, 2.45) is 0 Å². The largest absolute Gasteiger partial charge is 0.511 e. The minimum absolute atomic E-state index is 0.0563. The molecule has 0 spiro atoms. The fourth-order valence-corrected chi connectivity index (χ4v) is 2.92. The Balaban J connectivity index is 1.88. The van der Waals surface area contributed by atoms with E-state index in [0.29, 0.717) is 11.3 Å². The number of benzene rings is 2. The van der Waals surface area contributed by atoms with Gasteiger partial charge in [0.25, 0.3) is 0 Å². The van der Waals surface area contributed by atoms with E-state index in [1.165, 1.54) is 0 Å². The van der Waals surface area contributed by atoms with Gasteiger partial charge in [0.15, 0.2) is 0 Å². The van der Waals surface area contributed by atoms with Crippen LogP contribution in [-0.4, -0.2) is 29.7 Å². The number of hydrogen-bond donors (Lipinski definition) is 2. The Bertz CT molecular complexity index is 860. The summed E-state index contributed by atoms with van der Waals surface area (Å²) in [6.07, 6.45) is -0.0662. The third-order valence-corrected chi connectivity index (χ3v) is 4.20. The summed E-state index contributed by atoms with van der Waals surface area (Å²) in [6.45, 7) is 2.03. The Hall–Kier alpha value is -3.28. The molecule has 1 aliphatic rings. The van der Waals surface area contributed by atoms with Crippen LogP contribution in [0.2, 0.25) is 0 Å². The van der Waals surface area contributed by atoms with E-state index in [4.69, 9.17) is 9.47 Å². The normalized spacial score (nSPS) is 16.0. The van der Waals surface area contributed by atoms with E-state index in [1.807, 2.05) is 30.3 Å². The maximum atomic E-state index is 12.7. The monoisotopic (exact) mass is 367 g/mol. The SMILES string of the molecule is CCOC(=O)[C@H]1CC(O)=C(C(=O)OCc2ccccc2)c2ccccc2N1. The number of anilines is 1. The first-order valence-corrected chi connectivity index (χ1v) is 8.76. The number of ether oxygens (including phenoxy) is 2. The molecule has 27 heavy (non-hydrogen) atoms. The highest BCUT2D eigenvalue weighted by molar-refractivity contribution is 6.19. The van der Waals surface area contributed by atoms with Crippen molar-refractivity contribution in [1.29, 1.82) is 0 Å². The molecule has 0 saturated heterocycles. The van der Waals surface area contributed by atoms with Crippen molar-refractivity contribution < 1.29 is 24.2 Å². The van der Waals surface area contributed by atoms with Gasteiger partial charge in [0.05, 0.1) is 6.61 Å². The molecule has 1 atom stereocenters. The van der Waals surface area contributed by atoms with Gasteiger partial charge in [0.1, 0.15) is 24.0 Å². The molecule has 0 aromatic heterocycles. The van der Waals surface area contributed by atoms with Gasteiger partial charge in [-0.25, -0.2) is 9.59 Å². The minimum Gasteiger partial charge on any atom is -0.511 e. The molecule has 140 valence electrons. The van der Waals surface area contributed by atoms with Gasteiger partial charge in [0, 0.05) is 17.7 Å². The molecule has 0 radical (unpaired) electrons. The van der Waals surface area contributed by atoms with Crippen molar-refractivity contribution >= 4 is 23.2 Å². The van der Waals surface area contributed by atoms with Crippen LogP contribution in [0, 0.1) is 0 Å². The van der Waals surface area contributed by atoms with Gasteiger partial charge in [0.2, 0.25) is 0 Å². The maximum Gasteiger partial charge on any atom is 0.342 e. The summed E-state index contributed by atoms with van der Waals surface area (Å²) >= 11 is 0. The zero-order valence-corrected chi connectivity index (χ0v) is 15.0. The predicted molar refractivity (Wildman–Crippen MR) is 101 cm³/mol. The van der Waals surface area contributed by atoms with Crippen molar-refractivity contribution in [2.45, 2.75) is 26.0 Å². The highest BCUT2D eigenvalue weighted by Gasteiger charge is 2.31. The minimum atomic E-state index is -0.787. The van der Waals surface area contributed by atoms with Crippen LogP contribution in [0.15, 0.2) is 60.4 Å². The smallest absolute Gasteiger partial charge is 0.342 e. The number of nitrogens with one attached hydrogen (secondary N) is 1. The van der Waals surface area contributed by atoms with Crippen LogP contribution in [0.4, 0.5) is 5.69 Å². The fourth-order valence-electron chi connectivity index (χ4n) is 2.92. The lowest BCUT2D eigenvalue weighted by Crippen LogP contribution is -2.31. The predicted octanol–water partition coefficient (Wildman–Crippen LogP) is 3.45. The molecule has 0 amide bonds. The standard InChI is InChI=1S/C21H21NO5/c1-2-26-20(24)17-12-18(23)19(15-10-6-7-11-16(15)22-17)21(25)27-13-14-8-4-3-5-9-14/h3-11,17,22-23H,2,12-13H2,1H3/t17-/m1/s1. The lowest BCUT2D eigenvalue weighted by Gasteiger charge is -2.16. The number of fused-ring (bicyclic) bond motifs is 1. The fraction of sp³-hybridized carbons (Fsp3) is 0.238. The highest BCUT2D eigenvalue weighted by Crippen LogP contribution is 2.33. The lowest BCUT2D eigenvalue weighted by atomic mass is 10.0. The zero-order valence-electron chi connectivity index (χ0n) is 15.0.